The van der Waals surface area contributed by atoms with Gasteiger partial charge >= 0.3 is 6.01 Å². The van der Waals surface area contributed by atoms with E-state index in [2.05, 4.69) is 9.98 Å². The van der Waals surface area contributed by atoms with E-state index in [0.29, 0.717) is 16.1 Å². The topological polar surface area (TPSA) is 102 Å². The molecule has 1 heterocycles. The molecule has 22 heavy (non-hydrogen) atoms. The minimum absolute atomic E-state index is 0.0585. The zero-order chi connectivity index (χ0) is 15.7. The summed E-state index contributed by atoms with van der Waals surface area (Å²) >= 11 is 5.85. The van der Waals surface area contributed by atoms with Crippen molar-refractivity contribution < 1.29 is 14.4 Å². The number of aliphatic imine (C=N–C) groups is 1. The summed E-state index contributed by atoms with van der Waals surface area (Å²) in [6, 6.07) is 8.65. The van der Waals surface area contributed by atoms with Crippen LogP contribution in [0.25, 0.3) is 11.1 Å². The third-order valence-electron chi connectivity index (χ3n) is 2.87. The molecule has 0 atom stereocenters. The highest BCUT2D eigenvalue weighted by molar-refractivity contribution is 6.31. The normalized spacial score (nSPS) is 11.3. The third-order valence-corrected chi connectivity index (χ3v) is 3.11. The van der Waals surface area contributed by atoms with Gasteiger partial charge in [-0.2, -0.15) is 4.98 Å². The zero-order valence-electron chi connectivity index (χ0n) is 10.9. The average Bonchev–Trinajstić information content (AvgIpc) is 2.88. The first-order valence-electron chi connectivity index (χ1n) is 6.10. The van der Waals surface area contributed by atoms with Gasteiger partial charge in [0.05, 0.1) is 4.92 Å². The summed E-state index contributed by atoms with van der Waals surface area (Å²) in [4.78, 5) is 18.3. The number of nitrogens with zero attached hydrogens (tertiary/aromatic N) is 3. The number of hydrogen-bond donors (Lipinski definition) is 1. The van der Waals surface area contributed by atoms with Gasteiger partial charge in [0.2, 0.25) is 0 Å². The molecule has 0 amide bonds. The van der Waals surface area contributed by atoms with Crippen LogP contribution in [0.4, 0.5) is 11.7 Å². The number of hydrogen-bond acceptors (Lipinski definition) is 6. The largest absolute Gasteiger partial charge is 0.507 e. The molecule has 0 aliphatic rings. The van der Waals surface area contributed by atoms with Crippen molar-refractivity contribution in [3.8, 4) is 5.75 Å². The number of aromatic nitrogens is 1. The molecule has 110 valence electrons. The van der Waals surface area contributed by atoms with E-state index >= 15 is 0 Å². The van der Waals surface area contributed by atoms with Crippen LogP contribution in [0.1, 0.15) is 5.56 Å². The molecule has 7 nitrogen and oxygen atoms in total. The number of fused-ring (bicyclic) bond motifs is 1. The van der Waals surface area contributed by atoms with Gasteiger partial charge in [-0.1, -0.05) is 11.6 Å². The van der Waals surface area contributed by atoms with Crippen LogP contribution >= 0.6 is 11.6 Å². The maximum absolute atomic E-state index is 10.7. The lowest BCUT2D eigenvalue weighted by atomic mass is 10.2. The van der Waals surface area contributed by atoms with Crippen molar-refractivity contribution in [3.05, 3.63) is 57.1 Å². The number of oxazole rings is 1. The van der Waals surface area contributed by atoms with Crippen molar-refractivity contribution in [3.63, 3.8) is 0 Å². The lowest BCUT2D eigenvalue weighted by Gasteiger charge is -1.97. The van der Waals surface area contributed by atoms with Crippen molar-refractivity contribution in [2.24, 2.45) is 4.99 Å². The Morgan fingerprint density at radius 1 is 1.32 bits per heavy atom. The number of benzene rings is 2. The molecule has 0 aliphatic heterocycles. The zero-order valence-corrected chi connectivity index (χ0v) is 11.7. The Morgan fingerprint density at radius 3 is 2.91 bits per heavy atom. The van der Waals surface area contributed by atoms with Gasteiger partial charge in [-0.3, -0.25) is 10.1 Å². The van der Waals surface area contributed by atoms with Crippen LogP contribution in [0.2, 0.25) is 5.02 Å². The summed E-state index contributed by atoms with van der Waals surface area (Å²) in [5, 5.41) is 20.9. The van der Waals surface area contributed by atoms with E-state index in [9.17, 15) is 15.2 Å². The first-order valence-corrected chi connectivity index (χ1v) is 6.48. The Kier molecular flexibility index (Phi) is 3.48. The predicted octanol–water partition coefficient (Wildman–Crippen LogP) is 3.85. The first-order chi connectivity index (χ1) is 10.5. The number of halogens is 1. The fourth-order valence-corrected chi connectivity index (χ4v) is 1.99. The van der Waals surface area contributed by atoms with E-state index in [1.807, 2.05) is 0 Å². The molecule has 0 bridgehead atoms. The van der Waals surface area contributed by atoms with Gasteiger partial charge in [0.15, 0.2) is 5.58 Å². The monoisotopic (exact) mass is 317 g/mol. The quantitative estimate of drug-likeness (QED) is 0.449. The second kappa shape index (κ2) is 5.45. The van der Waals surface area contributed by atoms with Crippen LogP contribution in [0, 0.1) is 10.1 Å². The molecule has 0 spiro atoms. The molecule has 0 unspecified atom stereocenters. The highest BCUT2D eigenvalue weighted by Crippen LogP contribution is 2.25. The number of non-ortho nitro benzene ring substituents is 1. The Balaban J connectivity index is 1.95. The molecule has 0 aliphatic carbocycles. The van der Waals surface area contributed by atoms with Crippen LogP contribution in [-0.2, 0) is 0 Å². The summed E-state index contributed by atoms with van der Waals surface area (Å²) in [5.41, 5.74) is 1.10. The molecular formula is C14H8ClN3O4. The Labute approximate surface area is 128 Å². The first kappa shape index (κ1) is 14.0. The number of nitro benzene ring substituents is 1. The molecule has 0 radical (unpaired) electrons. The van der Waals surface area contributed by atoms with Gasteiger partial charge in [-0.25, -0.2) is 4.99 Å². The van der Waals surface area contributed by atoms with Gasteiger partial charge in [-0.05, 0) is 24.3 Å². The van der Waals surface area contributed by atoms with E-state index in [1.165, 1.54) is 24.4 Å². The molecule has 0 fully saturated rings. The maximum Gasteiger partial charge on any atom is 0.322 e. The van der Waals surface area contributed by atoms with E-state index < -0.39 is 4.92 Å². The van der Waals surface area contributed by atoms with Crippen LogP contribution in [0.15, 0.2) is 45.8 Å². The lowest BCUT2D eigenvalue weighted by Crippen LogP contribution is -1.90. The molecule has 1 N–H and O–H groups in total. The number of phenolic OH excluding ortho intramolecular Hbond substituents is 1. The molecular weight excluding hydrogens is 310 g/mol. The van der Waals surface area contributed by atoms with E-state index in [1.54, 1.807) is 18.2 Å². The smallest absolute Gasteiger partial charge is 0.322 e. The van der Waals surface area contributed by atoms with Crippen molar-refractivity contribution in [2.45, 2.75) is 0 Å². The minimum Gasteiger partial charge on any atom is -0.507 e. The average molecular weight is 318 g/mol. The van der Waals surface area contributed by atoms with Crippen molar-refractivity contribution >= 4 is 40.6 Å². The van der Waals surface area contributed by atoms with E-state index in [-0.39, 0.29) is 23.0 Å². The summed E-state index contributed by atoms with van der Waals surface area (Å²) in [6.45, 7) is 0. The summed E-state index contributed by atoms with van der Waals surface area (Å²) in [7, 11) is 0. The van der Waals surface area contributed by atoms with Crippen LogP contribution in [-0.4, -0.2) is 21.2 Å². The fraction of sp³-hybridized carbons (Fsp3) is 0. The molecule has 3 rings (SSSR count). The van der Waals surface area contributed by atoms with Gasteiger partial charge < -0.3 is 9.52 Å². The summed E-state index contributed by atoms with van der Waals surface area (Å²) < 4.78 is 5.38. The molecule has 1 aromatic heterocycles. The number of rotatable bonds is 3. The van der Waals surface area contributed by atoms with Gasteiger partial charge in [-0.15, -0.1) is 0 Å². The second-order valence-electron chi connectivity index (χ2n) is 4.37. The highest BCUT2D eigenvalue weighted by atomic mass is 35.5. The Bertz CT molecular complexity index is 904. The summed E-state index contributed by atoms with van der Waals surface area (Å²) in [5.74, 6) is -0.131. The van der Waals surface area contributed by atoms with Crippen LogP contribution < -0.4 is 0 Å². The third kappa shape index (κ3) is 2.75. The van der Waals surface area contributed by atoms with Crippen molar-refractivity contribution in [1.82, 2.24) is 4.98 Å². The SMILES string of the molecule is O=[N+]([O-])c1ccc(O)c(/C=N/c2nc3cc(Cl)ccc3o2)c1. The number of phenols is 1. The molecule has 8 heteroatoms. The van der Waals surface area contributed by atoms with Gasteiger partial charge in [0.1, 0.15) is 11.3 Å². The predicted molar refractivity (Wildman–Crippen MR) is 81.0 cm³/mol. The van der Waals surface area contributed by atoms with E-state index in [0.717, 1.165) is 0 Å². The highest BCUT2D eigenvalue weighted by Gasteiger charge is 2.09. The van der Waals surface area contributed by atoms with Crippen LogP contribution in [0.5, 0.6) is 5.75 Å². The van der Waals surface area contributed by atoms with Gasteiger partial charge in [0.25, 0.3) is 5.69 Å². The summed E-state index contributed by atoms with van der Waals surface area (Å²) in [6.07, 6.45) is 1.24. The minimum atomic E-state index is -0.557. The van der Waals surface area contributed by atoms with Gasteiger partial charge in [0, 0.05) is 28.9 Å². The number of aromatic hydroxyl groups is 1. The standard InChI is InChI=1S/C14H8ClN3O4/c15-9-1-4-13-11(6-9)17-14(22-13)16-7-8-5-10(18(20)21)2-3-12(8)19/h1-7,19H/b16-7+. The van der Waals surface area contributed by atoms with Crippen molar-refractivity contribution in [2.75, 3.05) is 0 Å². The molecule has 0 saturated carbocycles. The van der Waals surface area contributed by atoms with E-state index in [4.69, 9.17) is 16.0 Å². The molecule has 0 saturated heterocycles. The van der Waals surface area contributed by atoms with Crippen molar-refractivity contribution in [1.29, 1.82) is 0 Å². The Hall–Kier alpha value is -2.93. The Morgan fingerprint density at radius 2 is 2.14 bits per heavy atom. The number of nitro groups is 1. The molecule has 3 aromatic rings. The lowest BCUT2D eigenvalue weighted by molar-refractivity contribution is -0.384. The second-order valence-corrected chi connectivity index (χ2v) is 4.80. The maximum atomic E-state index is 10.7. The van der Waals surface area contributed by atoms with Crippen LogP contribution in [0.3, 0.4) is 0 Å². The molecule has 2 aromatic carbocycles. The fourth-order valence-electron chi connectivity index (χ4n) is 1.83.